The number of anilines is 1. The summed E-state index contributed by atoms with van der Waals surface area (Å²) in [5.41, 5.74) is 1.40. The Kier molecular flexibility index (Phi) is 5.45. The van der Waals surface area contributed by atoms with Gasteiger partial charge in [0.1, 0.15) is 0 Å². The highest BCUT2D eigenvalue weighted by Gasteiger charge is 2.35. The van der Waals surface area contributed by atoms with E-state index in [1.807, 2.05) is 4.90 Å². The van der Waals surface area contributed by atoms with Crippen molar-refractivity contribution in [2.75, 3.05) is 18.4 Å². The van der Waals surface area contributed by atoms with E-state index in [1.54, 1.807) is 24.3 Å². The number of halogens is 1. The Bertz CT molecular complexity index is 841. The maximum absolute atomic E-state index is 13.0. The van der Waals surface area contributed by atoms with Crippen LogP contribution in [0.25, 0.3) is 0 Å². The number of aromatic nitrogens is 1. The van der Waals surface area contributed by atoms with Crippen molar-refractivity contribution in [2.45, 2.75) is 44.4 Å². The third-order valence-electron chi connectivity index (χ3n) is 5.26. The van der Waals surface area contributed by atoms with Gasteiger partial charge in [0.15, 0.2) is 5.13 Å². The van der Waals surface area contributed by atoms with Crippen LogP contribution in [0.1, 0.15) is 59.0 Å². The average Bonchev–Trinajstić information content (AvgIpc) is 3.10. The molecule has 5 nitrogen and oxygen atoms in total. The molecule has 1 saturated heterocycles. The van der Waals surface area contributed by atoms with Gasteiger partial charge in [-0.15, -0.1) is 11.3 Å². The molecule has 2 amide bonds. The first-order chi connectivity index (χ1) is 13.1. The summed E-state index contributed by atoms with van der Waals surface area (Å²) in [5.74, 6) is -0.165. The van der Waals surface area contributed by atoms with Crippen LogP contribution in [0.4, 0.5) is 5.13 Å². The quantitative estimate of drug-likeness (QED) is 0.821. The van der Waals surface area contributed by atoms with Crippen molar-refractivity contribution in [1.29, 1.82) is 0 Å². The Morgan fingerprint density at radius 2 is 1.81 bits per heavy atom. The van der Waals surface area contributed by atoms with Crippen molar-refractivity contribution in [1.82, 2.24) is 9.88 Å². The molecule has 2 heterocycles. The summed E-state index contributed by atoms with van der Waals surface area (Å²) in [6, 6.07) is 6.75. The van der Waals surface area contributed by atoms with Gasteiger partial charge < -0.3 is 4.90 Å². The number of amides is 2. The molecule has 7 heteroatoms. The zero-order valence-corrected chi connectivity index (χ0v) is 16.6. The predicted octanol–water partition coefficient (Wildman–Crippen LogP) is 4.48. The molecule has 2 aliphatic rings. The van der Waals surface area contributed by atoms with E-state index in [9.17, 15) is 9.59 Å². The Balaban J connectivity index is 1.46. The van der Waals surface area contributed by atoms with E-state index < -0.39 is 0 Å². The number of carbonyl (C=O) groups excluding carboxylic acids is 2. The molecule has 0 saturated carbocycles. The predicted molar refractivity (Wildman–Crippen MR) is 108 cm³/mol. The van der Waals surface area contributed by atoms with E-state index in [0.717, 1.165) is 49.3 Å². The number of nitrogens with zero attached hydrogens (tertiary/aromatic N) is 2. The molecule has 1 aromatic heterocycles. The number of nitrogens with one attached hydrogen (secondary N) is 1. The zero-order valence-electron chi connectivity index (χ0n) is 15.0. The highest BCUT2D eigenvalue weighted by Crippen LogP contribution is 2.39. The molecular weight excluding hydrogens is 382 g/mol. The third-order valence-corrected chi connectivity index (χ3v) is 6.56. The van der Waals surface area contributed by atoms with Crippen molar-refractivity contribution < 1.29 is 9.59 Å². The van der Waals surface area contributed by atoms with Crippen LogP contribution in [0, 0.1) is 0 Å². The van der Waals surface area contributed by atoms with E-state index in [4.69, 9.17) is 11.6 Å². The lowest BCUT2D eigenvalue weighted by Crippen LogP contribution is -2.35. The average molecular weight is 404 g/mol. The molecule has 1 aliphatic carbocycles. The van der Waals surface area contributed by atoms with Crippen molar-refractivity contribution in [3.05, 3.63) is 45.4 Å². The maximum Gasteiger partial charge on any atom is 0.257 e. The molecule has 4 rings (SSSR count). The van der Waals surface area contributed by atoms with Crippen LogP contribution in [-0.4, -0.2) is 34.8 Å². The molecular formula is C20H22ClN3O2S. The Morgan fingerprint density at radius 3 is 2.52 bits per heavy atom. The fourth-order valence-corrected chi connectivity index (χ4v) is 4.96. The van der Waals surface area contributed by atoms with Gasteiger partial charge in [-0.2, -0.15) is 0 Å². The van der Waals surface area contributed by atoms with E-state index in [2.05, 4.69) is 10.3 Å². The summed E-state index contributed by atoms with van der Waals surface area (Å²) in [6.45, 7) is 1.71. The first-order valence-corrected chi connectivity index (χ1v) is 10.7. The summed E-state index contributed by atoms with van der Waals surface area (Å²) >= 11 is 7.35. The Labute approximate surface area is 167 Å². The molecule has 1 atom stereocenters. The smallest absolute Gasteiger partial charge is 0.257 e. The second-order valence-electron chi connectivity index (χ2n) is 7.12. The van der Waals surface area contributed by atoms with Crippen LogP contribution in [0.15, 0.2) is 24.3 Å². The molecule has 1 N–H and O–H groups in total. The molecule has 142 valence electrons. The molecule has 1 aliphatic heterocycles. The lowest BCUT2D eigenvalue weighted by atomic mass is 10.1. The second-order valence-corrected chi connectivity index (χ2v) is 8.64. The number of hydrogen-bond donors (Lipinski definition) is 1. The summed E-state index contributed by atoms with van der Waals surface area (Å²) < 4.78 is 0. The molecule has 0 bridgehead atoms. The minimum atomic E-state index is -0.213. The van der Waals surface area contributed by atoms with E-state index in [1.165, 1.54) is 24.2 Å². The molecule has 1 unspecified atom stereocenters. The molecule has 1 fully saturated rings. The summed E-state index contributed by atoms with van der Waals surface area (Å²) in [7, 11) is 0. The van der Waals surface area contributed by atoms with E-state index in [-0.39, 0.29) is 17.7 Å². The van der Waals surface area contributed by atoms with Crippen LogP contribution in [0.3, 0.4) is 0 Å². The third kappa shape index (κ3) is 4.01. The molecule has 27 heavy (non-hydrogen) atoms. The molecule has 1 aromatic carbocycles. The number of benzene rings is 1. The lowest BCUT2D eigenvalue weighted by molar-refractivity contribution is -0.132. The fourth-order valence-electron chi connectivity index (χ4n) is 3.80. The van der Waals surface area contributed by atoms with Gasteiger partial charge in [-0.25, -0.2) is 4.98 Å². The Morgan fingerprint density at radius 1 is 1.11 bits per heavy atom. The topological polar surface area (TPSA) is 62.3 Å². The van der Waals surface area contributed by atoms with Gasteiger partial charge in [-0.05, 0) is 49.9 Å². The number of rotatable bonds is 3. The van der Waals surface area contributed by atoms with Crippen molar-refractivity contribution >= 4 is 39.9 Å². The van der Waals surface area contributed by atoms with E-state index in [0.29, 0.717) is 15.7 Å². The van der Waals surface area contributed by atoms with E-state index >= 15 is 0 Å². The fraction of sp³-hybridized carbons (Fsp3) is 0.450. The molecule has 2 aromatic rings. The number of hydrogen-bond acceptors (Lipinski definition) is 4. The van der Waals surface area contributed by atoms with Gasteiger partial charge in [0.2, 0.25) is 5.91 Å². The molecule has 0 spiro atoms. The minimum absolute atomic E-state index is 0.157. The van der Waals surface area contributed by atoms with Crippen molar-refractivity contribution in [2.24, 2.45) is 0 Å². The van der Waals surface area contributed by atoms with Gasteiger partial charge in [0.25, 0.3) is 5.91 Å². The van der Waals surface area contributed by atoms with Crippen molar-refractivity contribution in [3.8, 4) is 0 Å². The monoisotopic (exact) mass is 403 g/mol. The molecule has 0 radical (unpaired) electrons. The summed E-state index contributed by atoms with van der Waals surface area (Å²) in [6.07, 6.45) is 6.27. The Hall–Kier alpha value is -1.92. The standard InChI is InChI=1S/C20H22ClN3O2S/c21-14-7-5-13(6-8-14)18(25)23-20-22-17-15(9-10-16(17)27-20)19(26)24-11-3-1-2-4-12-24/h5-8,15H,1-4,9-12H2,(H,22,23,25). The number of likely N-dealkylation sites (tertiary alicyclic amines) is 1. The van der Waals surface area contributed by atoms with Crippen molar-refractivity contribution in [3.63, 3.8) is 0 Å². The highest BCUT2D eigenvalue weighted by atomic mass is 35.5. The first kappa shape index (κ1) is 18.4. The second kappa shape index (κ2) is 7.98. The normalized spacial score (nSPS) is 19.4. The number of thiazole rings is 1. The van der Waals surface area contributed by atoms with Gasteiger partial charge in [-0.3, -0.25) is 14.9 Å². The largest absolute Gasteiger partial charge is 0.342 e. The van der Waals surface area contributed by atoms with Crippen LogP contribution in [0.5, 0.6) is 0 Å². The van der Waals surface area contributed by atoms with Gasteiger partial charge in [-0.1, -0.05) is 24.4 Å². The van der Waals surface area contributed by atoms with Crippen LogP contribution < -0.4 is 5.32 Å². The van der Waals surface area contributed by atoms with Gasteiger partial charge in [0.05, 0.1) is 11.6 Å². The highest BCUT2D eigenvalue weighted by molar-refractivity contribution is 7.16. The lowest BCUT2D eigenvalue weighted by Gasteiger charge is -2.23. The van der Waals surface area contributed by atoms with Gasteiger partial charge >= 0.3 is 0 Å². The SMILES string of the molecule is O=C(Nc1nc2c(s1)CCC2C(=O)N1CCCCCC1)c1ccc(Cl)cc1. The first-order valence-electron chi connectivity index (χ1n) is 9.47. The van der Waals surface area contributed by atoms with Crippen LogP contribution in [-0.2, 0) is 11.2 Å². The number of aryl methyl sites for hydroxylation is 1. The van der Waals surface area contributed by atoms with Crippen LogP contribution >= 0.6 is 22.9 Å². The number of carbonyl (C=O) groups is 2. The number of fused-ring (bicyclic) bond motifs is 1. The van der Waals surface area contributed by atoms with Gasteiger partial charge in [0, 0.05) is 28.6 Å². The minimum Gasteiger partial charge on any atom is -0.342 e. The van der Waals surface area contributed by atoms with Crippen LogP contribution in [0.2, 0.25) is 5.02 Å². The zero-order chi connectivity index (χ0) is 18.8. The summed E-state index contributed by atoms with van der Waals surface area (Å²) in [5, 5.41) is 4.01. The summed E-state index contributed by atoms with van der Waals surface area (Å²) in [4.78, 5) is 33.1. The maximum atomic E-state index is 13.0.